The third-order valence-electron chi connectivity index (χ3n) is 2.48. The van der Waals surface area contributed by atoms with E-state index in [1.807, 2.05) is 6.92 Å². The number of hydrogen-bond donors (Lipinski definition) is 3. The number of rotatable bonds is 1. The second-order valence-corrected chi connectivity index (χ2v) is 3.76. The molecule has 0 bridgehead atoms. The Morgan fingerprint density at radius 3 is 3.00 bits per heavy atom. The van der Waals surface area contributed by atoms with Crippen LogP contribution in [-0.4, -0.2) is 46.5 Å². The van der Waals surface area contributed by atoms with E-state index in [1.54, 1.807) is 4.90 Å². The van der Waals surface area contributed by atoms with Gasteiger partial charge in [-0.05, 0) is 6.92 Å². The highest BCUT2D eigenvalue weighted by Gasteiger charge is 2.22. The number of nitrogens with zero attached hydrogens (tertiary/aromatic N) is 1. The summed E-state index contributed by atoms with van der Waals surface area (Å²) in [5.74, 6) is -0.123. The summed E-state index contributed by atoms with van der Waals surface area (Å²) in [6, 6.07) is 0.299. The molecule has 0 unspecified atom stereocenters. The van der Waals surface area contributed by atoms with Gasteiger partial charge in [-0.25, -0.2) is 4.79 Å². The number of H-pyrrole nitrogens is 2. The molecule has 15 heavy (non-hydrogen) atoms. The van der Waals surface area contributed by atoms with Crippen molar-refractivity contribution in [1.29, 1.82) is 0 Å². The molecule has 82 valence electrons. The molecule has 1 atom stereocenters. The highest BCUT2D eigenvalue weighted by atomic mass is 16.2. The van der Waals surface area contributed by atoms with Crippen LogP contribution >= 0.6 is 0 Å². The molecule has 2 rings (SSSR count). The number of carbonyl (C=O) groups is 1. The van der Waals surface area contributed by atoms with E-state index in [1.165, 1.54) is 6.20 Å². The van der Waals surface area contributed by atoms with Crippen LogP contribution in [0.4, 0.5) is 0 Å². The monoisotopic (exact) mass is 210 g/mol. The Morgan fingerprint density at radius 2 is 2.40 bits per heavy atom. The van der Waals surface area contributed by atoms with Gasteiger partial charge in [-0.1, -0.05) is 0 Å². The zero-order chi connectivity index (χ0) is 10.8. The molecule has 6 heteroatoms. The van der Waals surface area contributed by atoms with Crippen LogP contribution < -0.4 is 11.0 Å². The number of nitrogens with one attached hydrogen (secondary N) is 3. The molecule has 0 spiro atoms. The molecule has 1 aromatic rings. The summed E-state index contributed by atoms with van der Waals surface area (Å²) in [4.78, 5) is 29.3. The molecule has 0 aromatic carbocycles. The van der Waals surface area contributed by atoms with Crippen molar-refractivity contribution < 1.29 is 4.79 Å². The van der Waals surface area contributed by atoms with Crippen molar-refractivity contribution in [3.8, 4) is 0 Å². The summed E-state index contributed by atoms with van der Waals surface area (Å²) in [7, 11) is 0. The van der Waals surface area contributed by atoms with Gasteiger partial charge in [0.15, 0.2) is 0 Å². The zero-order valence-corrected chi connectivity index (χ0v) is 8.54. The first kappa shape index (κ1) is 9.97. The average molecular weight is 210 g/mol. The van der Waals surface area contributed by atoms with E-state index in [9.17, 15) is 9.59 Å². The molecule has 0 saturated carbocycles. The van der Waals surface area contributed by atoms with Gasteiger partial charge in [-0.2, -0.15) is 0 Å². The van der Waals surface area contributed by atoms with Gasteiger partial charge in [0, 0.05) is 31.9 Å². The summed E-state index contributed by atoms with van der Waals surface area (Å²) >= 11 is 0. The summed E-state index contributed by atoms with van der Waals surface area (Å²) in [6.45, 7) is 4.17. The minimum absolute atomic E-state index is 0.123. The van der Waals surface area contributed by atoms with Gasteiger partial charge in [0.2, 0.25) is 0 Å². The highest BCUT2D eigenvalue weighted by Crippen LogP contribution is 2.03. The molecule has 1 aliphatic heterocycles. The van der Waals surface area contributed by atoms with Gasteiger partial charge < -0.3 is 20.2 Å². The first-order valence-corrected chi connectivity index (χ1v) is 4.97. The largest absolute Gasteiger partial charge is 0.335 e. The fourth-order valence-electron chi connectivity index (χ4n) is 1.73. The van der Waals surface area contributed by atoms with Crippen LogP contribution in [0.15, 0.2) is 11.0 Å². The van der Waals surface area contributed by atoms with Crippen LogP contribution in [0, 0.1) is 0 Å². The van der Waals surface area contributed by atoms with Gasteiger partial charge in [-0.15, -0.1) is 0 Å². The van der Waals surface area contributed by atoms with Crippen LogP contribution in [0.2, 0.25) is 0 Å². The average Bonchev–Trinajstić information content (AvgIpc) is 2.64. The van der Waals surface area contributed by atoms with Crippen molar-refractivity contribution >= 4 is 5.91 Å². The predicted molar refractivity (Wildman–Crippen MR) is 54.8 cm³/mol. The van der Waals surface area contributed by atoms with Crippen LogP contribution in [-0.2, 0) is 0 Å². The lowest BCUT2D eigenvalue weighted by Gasteiger charge is -2.31. The minimum Gasteiger partial charge on any atom is -0.335 e. The maximum absolute atomic E-state index is 11.9. The topological polar surface area (TPSA) is 81.0 Å². The van der Waals surface area contributed by atoms with E-state index in [-0.39, 0.29) is 11.6 Å². The molecule has 2 heterocycles. The first-order chi connectivity index (χ1) is 7.16. The van der Waals surface area contributed by atoms with E-state index < -0.39 is 0 Å². The van der Waals surface area contributed by atoms with Gasteiger partial charge in [0.05, 0.1) is 0 Å². The van der Waals surface area contributed by atoms with Crippen LogP contribution in [0.5, 0.6) is 0 Å². The number of hydrogen-bond acceptors (Lipinski definition) is 3. The van der Waals surface area contributed by atoms with Crippen molar-refractivity contribution in [2.24, 2.45) is 0 Å². The predicted octanol–water partition coefficient (Wildman–Crippen LogP) is -0.863. The Morgan fingerprint density at radius 1 is 1.60 bits per heavy atom. The zero-order valence-electron chi connectivity index (χ0n) is 8.54. The molecule has 1 saturated heterocycles. The van der Waals surface area contributed by atoms with Crippen LogP contribution in [0.25, 0.3) is 0 Å². The number of carbonyl (C=O) groups excluding carboxylic acids is 1. The van der Waals surface area contributed by atoms with Crippen molar-refractivity contribution in [3.63, 3.8) is 0 Å². The molecule has 1 aromatic heterocycles. The molecule has 1 aliphatic rings. The Hall–Kier alpha value is -1.56. The lowest BCUT2D eigenvalue weighted by Crippen LogP contribution is -2.51. The Labute approximate surface area is 86.7 Å². The van der Waals surface area contributed by atoms with E-state index in [0.717, 1.165) is 6.54 Å². The minimum atomic E-state index is -0.346. The molecular formula is C9H14N4O2. The van der Waals surface area contributed by atoms with E-state index >= 15 is 0 Å². The van der Waals surface area contributed by atoms with E-state index in [2.05, 4.69) is 15.3 Å². The molecule has 0 aliphatic carbocycles. The highest BCUT2D eigenvalue weighted by molar-refractivity contribution is 5.92. The standard InChI is InChI=1S/C9H14N4O2/c1-6-5-13(3-2-10-6)8(14)7-4-11-9(15)12-7/h4,6,10H,2-3,5H2,1H3,(H2,11,12,15)/t6-/m1/s1. The number of aromatic amines is 2. The molecule has 1 fully saturated rings. The fraction of sp³-hybridized carbons (Fsp3) is 0.556. The van der Waals surface area contributed by atoms with Crippen molar-refractivity contribution in [2.45, 2.75) is 13.0 Å². The van der Waals surface area contributed by atoms with E-state index in [0.29, 0.717) is 24.8 Å². The molecule has 0 radical (unpaired) electrons. The third-order valence-corrected chi connectivity index (χ3v) is 2.48. The summed E-state index contributed by atoms with van der Waals surface area (Å²) in [6.07, 6.45) is 1.41. The third kappa shape index (κ3) is 2.10. The lowest BCUT2D eigenvalue weighted by atomic mass is 10.2. The fourth-order valence-corrected chi connectivity index (χ4v) is 1.73. The molecule has 1 amide bonds. The number of amides is 1. The molecule has 3 N–H and O–H groups in total. The Kier molecular flexibility index (Phi) is 2.59. The normalized spacial score (nSPS) is 21.7. The lowest BCUT2D eigenvalue weighted by molar-refractivity contribution is 0.0703. The second-order valence-electron chi connectivity index (χ2n) is 3.76. The number of aromatic nitrogens is 2. The van der Waals surface area contributed by atoms with Gasteiger partial charge in [-0.3, -0.25) is 4.79 Å². The van der Waals surface area contributed by atoms with Crippen molar-refractivity contribution in [2.75, 3.05) is 19.6 Å². The van der Waals surface area contributed by atoms with E-state index in [4.69, 9.17) is 0 Å². The maximum atomic E-state index is 11.9. The molecule has 6 nitrogen and oxygen atoms in total. The number of piperazine rings is 1. The van der Waals surface area contributed by atoms with Gasteiger partial charge >= 0.3 is 5.69 Å². The van der Waals surface area contributed by atoms with Gasteiger partial charge in [0.1, 0.15) is 5.69 Å². The first-order valence-electron chi connectivity index (χ1n) is 4.97. The van der Waals surface area contributed by atoms with Crippen LogP contribution in [0.1, 0.15) is 17.4 Å². The second kappa shape index (κ2) is 3.90. The van der Waals surface area contributed by atoms with Crippen molar-refractivity contribution in [1.82, 2.24) is 20.2 Å². The SMILES string of the molecule is C[C@@H]1CN(C(=O)c2c[nH]c(=O)[nH]2)CCN1. The van der Waals surface area contributed by atoms with Gasteiger partial charge in [0.25, 0.3) is 5.91 Å². The summed E-state index contributed by atoms with van der Waals surface area (Å²) < 4.78 is 0. The Bertz CT molecular complexity index is 408. The quantitative estimate of drug-likeness (QED) is 0.564. The Balaban J connectivity index is 2.10. The smallest absolute Gasteiger partial charge is 0.323 e. The van der Waals surface area contributed by atoms with Crippen LogP contribution in [0.3, 0.4) is 0 Å². The summed E-state index contributed by atoms with van der Waals surface area (Å²) in [5.41, 5.74) is -0.0179. The molecular weight excluding hydrogens is 196 g/mol. The maximum Gasteiger partial charge on any atom is 0.323 e. The number of imidazole rings is 1. The van der Waals surface area contributed by atoms with Crippen molar-refractivity contribution in [3.05, 3.63) is 22.4 Å². The summed E-state index contributed by atoms with van der Waals surface area (Å²) in [5, 5.41) is 3.25.